The number of nitrogens with one attached hydrogen (secondary N) is 1. The van der Waals surface area contributed by atoms with E-state index < -0.39 is 0 Å². The molecule has 1 heterocycles. The van der Waals surface area contributed by atoms with E-state index in [1.54, 1.807) is 5.57 Å². The molecule has 82 valence electrons. The van der Waals surface area contributed by atoms with Crippen molar-refractivity contribution in [1.29, 1.82) is 0 Å². The van der Waals surface area contributed by atoms with Gasteiger partial charge < -0.3 is 5.32 Å². The Labute approximate surface area is 105 Å². The molecule has 0 saturated carbocycles. The Morgan fingerprint density at radius 3 is 2.47 bits per heavy atom. The first-order valence-corrected chi connectivity index (χ1v) is 5.80. The molecule has 0 bridgehead atoms. The summed E-state index contributed by atoms with van der Waals surface area (Å²) in [5.41, 5.74) is 2.85. The second-order valence-electron chi connectivity index (χ2n) is 3.57. The number of hydrogen-bond acceptors (Lipinski definition) is 1. The lowest BCUT2D eigenvalue weighted by Gasteiger charge is -2.15. The van der Waals surface area contributed by atoms with Crippen LogP contribution in [0.3, 0.4) is 0 Å². The standard InChI is InChI=1S/C12H14BrN.ClH/c13-12-4-2-1-3-11(12)9-10-5-7-14-8-6-10;/h1-4,9,14H,5-8H2;1H. The zero-order valence-electron chi connectivity index (χ0n) is 8.50. The molecule has 1 N–H and O–H groups in total. The van der Waals surface area contributed by atoms with E-state index in [2.05, 4.69) is 51.6 Å². The lowest BCUT2D eigenvalue weighted by atomic mass is 10.0. The van der Waals surface area contributed by atoms with Crippen molar-refractivity contribution in [3.63, 3.8) is 0 Å². The number of hydrogen-bond donors (Lipinski definition) is 1. The van der Waals surface area contributed by atoms with E-state index in [1.807, 2.05) is 0 Å². The van der Waals surface area contributed by atoms with Crippen molar-refractivity contribution in [1.82, 2.24) is 5.32 Å². The van der Waals surface area contributed by atoms with Gasteiger partial charge in [0.2, 0.25) is 0 Å². The van der Waals surface area contributed by atoms with Crippen LogP contribution in [0.15, 0.2) is 34.3 Å². The quantitative estimate of drug-likeness (QED) is 0.832. The lowest BCUT2D eigenvalue weighted by Crippen LogP contribution is -2.22. The minimum atomic E-state index is 0. The van der Waals surface area contributed by atoms with E-state index in [0.29, 0.717) is 0 Å². The predicted molar refractivity (Wildman–Crippen MR) is 71.5 cm³/mol. The zero-order valence-corrected chi connectivity index (χ0v) is 10.9. The number of benzene rings is 1. The van der Waals surface area contributed by atoms with Gasteiger partial charge >= 0.3 is 0 Å². The normalized spacial score (nSPS) is 15.7. The van der Waals surface area contributed by atoms with Crippen molar-refractivity contribution in [2.45, 2.75) is 12.8 Å². The summed E-state index contributed by atoms with van der Waals surface area (Å²) in [4.78, 5) is 0. The predicted octanol–water partition coefficient (Wildman–Crippen LogP) is 3.64. The van der Waals surface area contributed by atoms with E-state index >= 15 is 0 Å². The molecule has 0 amide bonds. The molecule has 1 aromatic carbocycles. The van der Waals surface area contributed by atoms with Crippen LogP contribution in [-0.2, 0) is 0 Å². The van der Waals surface area contributed by atoms with Gasteiger partial charge in [0.25, 0.3) is 0 Å². The van der Waals surface area contributed by atoms with Gasteiger partial charge in [0.15, 0.2) is 0 Å². The van der Waals surface area contributed by atoms with Gasteiger partial charge in [0.05, 0.1) is 0 Å². The van der Waals surface area contributed by atoms with Crippen molar-refractivity contribution in [2.75, 3.05) is 13.1 Å². The van der Waals surface area contributed by atoms with Gasteiger partial charge in [-0.3, -0.25) is 0 Å². The summed E-state index contributed by atoms with van der Waals surface area (Å²) >= 11 is 3.56. The second-order valence-corrected chi connectivity index (χ2v) is 4.43. The SMILES string of the molecule is Brc1ccccc1C=C1CCNCC1.Cl. The van der Waals surface area contributed by atoms with Crippen molar-refractivity contribution >= 4 is 34.4 Å². The highest BCUT2D eigenvalue weighted by atomic mass is 79.9. The molecular weight excluding hydrogens is 273 g/mol. The molecule has 0 atom stereocenters. The molecule has 0 unspecified atom stereocenters. The first-order chi connectivity index (χ1) is 6.86. The molecule has 0 radical (unpaired) electrons. The molecule has 1 fully saturated rings. The summed E-state index contributed by atoms with van der Waals surface area (Å²) in [6.07, 6.45) is 4.67. The summed E-state index contributed by atoms with van der Waals surface area (Å²) in [7, 11) is 0. The maximum Gasteiger partial charge on any atom is 0.0247 e. The molecule has 0 aliphatic carbocycles. The highest BCUT2D eigenvalue weighted by Gasteiger charge is 2.04. The van der Waals surface area contributed by atoms with Crippen LogP contribution in [0.4, 0.5) is 0 Å². The summed E-state index contributed by atoms with van der Waals surface area (Å²) in [6, 6.07) is 8.37. The molecule has 15 heavy (non-hydrogen) atoms. The third kappa shape index (κ3) is 3.63. The Balaban J connectivity index is 0.00000112. The molecule has 1 nitrogen and oxygen atoms in total. The van der Waals surface area contributed by atoms with Crippen molar-refractivity contribution in [2.24, 2.45) is 0 Å². The molecular formula is C12H15BrClN. The van der Waals surface area contributed by atoms with E-state index in [9.17, 15) is 0 Å². The van der Waals surface area contributed by atoms with Crippen LogP contribution >= 0.6 is 28.3 Å². The van der Waals surface area contributed by atoms with E-state index in [-0.39, 0.29) is 12.4 Å². The number of piperidine rings is 1. The topological polar surface area (TPSA) is 12.0 Å². The summed E-state index contributed by atoms with van der Waals surface area (Å²) in [6.45, 7) is 2.24. The molecule has 1 aliphatic heterocycles. The molecule has 1 saturated heterocycles. The Morgan fingerprint density at radius 2 is 1.80 bits per heavy atom. The monoisotopic (exact) mass is 287 g/mol. The van der Waals surface area contributed by atoms with Gasteiger partial charge in [-0.05, 0) is 37.6 Å². The van der Waals surface area contributed by atoms with Crippen LogP contribution < -0.4 is 5.32 Å². The molecule has 0 aromatic heterocycles. The third-order valence-electron chi connectivity index (χ3n) is 2.51. The minimum Gasteiger partial charge on any atom is -0.316 e. The van der Waals surface area contributed by atoms with Crippen LogP contribution in [0, 0.1) is 0 Å². The smallest absolute Gasteiger partial charge is 0.0247 e. The van der Waals surface area contributed by atoms with Gasteiger partial charge in [-0.1, -0.05) is 45.8 Å². The minimum absolute atomic E-state index is 0. The zero-order chi connectivity index (χ0) is 9.80. The van der Waals surface area contributed by atoms with Crippen molar-refractivity contribution in [3.05, 3.63) is 39.9 Å². The van der Waals surface area contributed by atoms with Gasteiger partial charge in [-0.25, -0.2) is 0 Å². The van der Waals surface area contributed by atoms with Crippen molar-refractivity contribution in [3.8, 4) is 0 Å². The summed E-state index contributed by atoms with van der Waals surface area (Å²) in [5.74, 6) is 0. The van der Waals surface area contributed by atoms with E-state index in [0.717, 1.165) is 13.1 Å². The van der Waals surface area contributed by atoms with Crippen LogP contribution in [-0.4, -0.2) is 13.1 Å². The maximum absolute atomic E-state index is 3.56. The Bertz CT molecular complexity index is 341. The van der Waals surface area contributed by atoms with Crippen LogP contribution in [0.5, 0.6) is 0 Å². The first-order valence-electron chi connectivity index (χ1n) is 5.01. The van der Waals surface area contributed by atoms with Gasteiger partial charge in [0.1, 0.15) is 0 Å². The largest absolute Gasteiger partial charge is 0.316 e. The van der Waals surface area contributed by atoms with Crippen LogP contribution in [0.2, 0.25) is 0 Å². The van der Waals surface area contributed by atoms with E-state index in [4.69, 9.17) is 0 Å². The lowest BCUT2D eigenvalue weighted by molar-refractivity contribution is 0.613. The molecule has 1 aromatic rings. The number of rotatable bonds is 1. The fraction of sp³-hybridized carbons (Fsp3) is 0.333. The van der Waals surface area contributed by atoms with Gasteiger partial charge in [-0.2, -0.15) is 0 Å². The maximum atomic E-state index is 3.56. The average Bonchev–Trinajstić information content (AvgIpc) is 2.23. The first kappa shape index (κ1) is 12.8. The van der Waals surface area contributed by atoms with E-state index in [1.165, 1.54) is 22.9 Å². The molecule has 3 heteroatoms. The average molecular weight is 289 g/mol. The fourth-order valence-corrected chi connectivity index (χ4v) is 2.10. The van der Waals surface area contributed by atoms with Crippen molar-refractivity contribution < 1.29 is 0 Å². The molecule has 0 spiro atoms. The van der Waals surface area contributed by atoms with Crippen LogP contribution in [0.25, 0.3) is 6.08 Å². The van der Waals surface area contributed by atoms with Gasteiger partial charge in [-0.15, -0.1) is 12.4 Å². The Kier molecular flexibility index (Phi) is 5.37. The number of halogens is 2. The summed E-state index contributed by atoms with van der Waals surface area (Å²) < 4.78 is 1.19. The summed E-state index contributed by atoms with van der Waals surface area (Å²) in [5, 5.41) is 3.36. The van der Waals surface area contributed by atoms with Crippen LogP contribution in [0.1, 0.15) is 18.4 Å². The highest BCUT2D eigenvalue weighted by molar-refractivity contribution is 9.10. The fourth-order valence-electron chi connectivity index (χ4n) is 1.70. The molecule has 2 rings (SSSR count). The van der Waals surface area contributed by atoms with Gasteiger partial charge in [0, 0.05) is 4.47 Å². The molecule has 1 aliphatic rings. The third-order valence-corrected chi connectivity index (χ3v) is 3.23. The Hall–Kier alpha value is -0.310. The highest BCUT2D eigenvalue weighted by Crippen LogP contribution is 2.21. The Morgan fingerprint density at radius 1 is 1.13 bits per heavy atom. The second kappa shape index (κ2) is 6.31.